The lowest BCUT2D eigenvalue weighted by Gasteiger charge is -2.27. The van der Waals surface area contributed by atoms with Crippen molar-refractivity contribution in [3.05, 3.63) is 42.0 Å². The molecule has 0 saturated carbocycles. The first-order chi connectivity index (χ1) is 31.4. The zero-order valence-corrected chi connectivity index (χ0v) is 37.2. The average Bonchev–Trinajstić information content (AvgIpc) is 3.54. The molecule has 0 spiro atoms. The van der Waals surface area contributed by atoms with E-state index in [0.717, 1.165) is 17.7 Å². The molecule has 1 aromatic rings. The summed E-state index contributed by atoms with van der Waals surface area (Å²) in [5.74, 6) is -2.72. The minimum Gasteiger partial charge on any atom is -0.379 e. The molecule has 2 heterocycles. The standard InChI is InChI=1S/C44H69N3O17/c1-2-12-53-14-16-55-18-20-57-22-24-59-26-28-61-30-32-63-34-35-64-33-31-62-29-27-60-25-23-58-21-19-56-17-15-54-13-5-3-4-9-39(48)45-37-8-6-7-36-41(37)44(52)47(43(36)51)38-10-11-40(49)46-42(38)50/h2,6-8,38H,1,3-5,9-35H2,(H,45,48)(H,46,49,50). The summed E-state index contributed by atoms with van der Waals surface area (Å²) in [7, 11) is 0. The predicted molar refractivity (Wildman–Crippen MR) is 230 cm³/mol. The summed E-state index contributed by atoms with van der Waals surface area (Å²) in [6, 6.07) is 3.52. The number of nitrogens with zero attached hydrogens (tertiary/aromatic N) is 1. The summed E-state index contributed by atoms with van der Waals surface area (Å²) in [4.78, 5) is 63.6. The first kappa shape index (κ1) is 54.6. The summed E-state index contributed by atoms with van der Waals surface area (Å²) in [6.45, 7) is 15.3. The molecule has 5 amide bonds. The van der Waals surface area contributed by atoms with E-state index in [0.29, 0.717) is 165 Å². The van der Waals surface area contributed by atoms with Crippen LogP contribution >= 0.6 is 0 Å². The number of carbonyl (C=O) groups is 5. The number of hydrogen-bond acceptors (Lipinski definition) is 17. The molecule has 2 N–H and O–H groups in total. The van der Waals surface area contributed by atoms with Gasteiger partial charge in [0, 0.05) is 19.4 Å². The Bertz CT molecular complexity index is 1480. The van der Waals surface area contributed by atoms with E-state index < -0.39 is 29.7 Å². The summed E-state index contributed by atoms with van der Waals surface area (Å²) in [5.41, 5.74) is 0.377. The van der Waals surface area contributed by atoms with Crippen molar-refractivity contribution in [1.29, 1.82) is 0 Å². The smallest absolute Gasteiger partial charge is 0.264 e. The maximum absolute atomic E-state index is 13.2. The number of benzene rings is 1. The third kappa shape index (κ3) is 24.0. The Morgan fingerprint density at radius 1 is 0.578 bits per heavy atom. The second-order valence-corrected chi connectivity index (χ2v) is 14.1. The van der Waals surface area contributed by atoms with Crippen LogP contribution in [-0.2, 0) is 71.2 Å². The molecule has 0 aromatic heterocycles. The SMILES string of the molecule is C=CCOCCOCCOCCOCCOCCOCCOCCOCCOCCOCCOCCOCCCCCC(=O)Nc1cccc2c1C(=O)N(C1CCC(=O)NC1=O)C2=O. The quantitative estimate of drug-likeness (QED) is 0.0543. The van der Waals surface area contributed by atoms with E-state index in [-0.39, 0.29) is 42.0 Å². The molecule has 1 fully saturated rings. The van der Waals surface area contributed by atoms with Gasteiger partial charge in [-0.1, -0.05) is 18.6 Å². The molecule has 0 bridgehead atoms. The number of rotatable bonds is 43. The van der Waals surface area contributed by atoms with Gasteiger partial charge in [0.25, 0.3) is 11.8 Å². The van der Waals surface area contributed by atoms with Gasteiger partial charge in [-0.25, -0.2) is 0 Å². The number of imide groups is 2. The Hall–Kier alpha value is -3.77. The lowest BCUT2D eigenvalue weighted by molar-refractivity contribution is -0.136. The third-order valence-corrected chi connectivity index (χ3v) is 9.26. The second-order valence-electron chi connectivity index (χ2n) is 14.1. The summed E-state index contributed by atoms with van der Waals surface area (Å²) >= 11 is 0. The maximum atomic E-state index is 13.2. The van der Waals surface area contributed by atoms with Gasteiger partial charge < -0.3 is 62.2 Å². The molecule has 1 saturated heterocycles. The van der Waals surface area contributed by atoms with Crippen LogP contribution in [0.15, 0.2) is 30.9 Å². The van der Waals surface area contributed by atoms with E-state index in [1.165, 1.54) is 6.07 Å². The highest BCUT2D eigenvalue weighted by molar-refractivity contribution is 6.26. The van der Waals surface area contributed by atoms with Gasteiger partial charge in [0.05, 0.1) is 169 Å². The molecule has 2 aliphatic heterocycles. The van der Waals surface area contributed by atoms with Crippen molar-refractivity contribution < 1.29 is 80.8 Å². The van der Waals surface area contributed by atoms with Crippen molar-refractivity contribution in [3.8, 4) is 0 Å². The van der Waals surface area contributed by atoms with Gasteiger partial charge in [-0.3, -0.25) is 34.2 Å². The number of anilines is 1. The highest BCUT2D eigenvalue weighted by Gasteiger charge is 2.45. The largest absolute Gasteiger partial charge is 0.379 e. The van der Waals surface area contributed by atoms with Crippen LogP contribution in [0.2, 0.25) is 0 Å². The van der Waals surface area contributed by atoms with Gasteiger partial charge in [0.1, 0.15) is 6.04 Å². The van der Waals surface area contributed by atoms with Crippen LogP contribution in [0.5, 0.6) is 0 Å². The molecule has 0 aliphatic carbocycles. The van der Waals surface area contributed by atoms with Gasteiger partial charge in [-0.05, 0) is 31.4 Å². The van der Waals surface area contributed by atoms with Gasteiger partial charge in [0.2, 0.25) is 17.7 Å². The number of hydrogen-bond donors (Lipinski definition) is 2. The van der Waals surface area contributed by atoms with Gasteiger partial charge in [0.15, 0.2) is 0 Å². The molecule has 0 radical (unpaired) electrons. The van der Waals surface area contributed by atoms with Crippen molar-refractivity contribution in [2.24, 2.45) is 0 Å². The lowest BCUT2D eigenvalue weighted by atomic mass is 10.0. The monoisotopic (exact) mass is 911 g/mol. The van der Waals surface area contributed by atoms with Crippen LogP contribution in [0.4, 0.5) is 5.69 Å². The first-order valence-corrected chi connectivity index (χ1v) is 22.1. The number of amides is 5. The first-order valence-electron chi connectivity index (χ1n) is 22.1. The fourth-order valence-corrected chi connectivity index (χ4v) is 6.08. The molecular weight excluding hydrogens is 842 g/mol. The summed E-state index contributed by atoms with van der Waals surface area (Å²) in [6.07, 6.45) is 4.14. The van der Waals surface area contributed by atoms with E-state index in [1.54, 1.807) is 18.2 Å². The van der Waals surface area contributed by atoms with E-state index >= 15 is 0 Å². The topological polar surface area (TPSA) is 223 Å². The minimum atomic E-state index is -1.08. The molecule has 3 rings (SSSR count). The van der Waals surface area contributed by atoms with Crippen LogP contribution in [0.1, 0.15) is 59.2 Å². The van der Waals surface area contributed by atoms with Crippen LogP contribution in [0.3, 0.4) is 0 Å². The van der Waals surface area contributed by atoms with E-state index in [1.807, 2.05) is 0 Å². The number of fused-ring (bicyclic) bond motifs is 1. The molecule has 20 heteroatoms. The van der Waals surface area contributed by atoms with E-state index in [9.17, 15) is 24.0 Å². The highest BCUT2D eigenvalue weighted by Crippen LogP contribution is 2.32. The molecule has 1 aromatic carbocycles. The van der Waals surface area contributed by atoms with Crippen LogP contribution < -0.4 is 10.6 Å². The second kappa shape index (κ2) is 36.4. The molecule has 20 nitrogen and oxygen atoms in total. The minimum absolute atomic E-state index is 0.0264. The number of carbonyl (C=O) groups excluding carboxylic acids is 5. The van der Waals surface area contributed by atoms with Crippen LogP contribution in [0.25, 0.3) is 0 Å². The molecule has 64 heavy (non-hydrogen) atoms. The van der Waals surface area contributed by atoms with Crippen molar-refractivity contribution in [2.75, 3.05) is 164 Å². The number of nitrogens with one attached hydrogen (secondary N) is 2. The summed E-state index contributed by atoms with van der Waals surface area (Å²) in [5, 5.41) is 4.91. The third-order valence-electron chi connectivity index (χ3n) is 9.26. The number of ether oxygens (including phenoxy) is 12. The Balaban J connectivity index is 0.977. The van der Waals surface area contributed by atoms with Crippen LogP contribution in [0, 0.1) is 0 Å². The fourth-order valence-electron chi connectivity index (χ4n) is 6.08. The number of unbranched alkanes of at least 4 members (excludes halogenated alkanes) is 2. The zero-order chi connectivity index (χ0) is 45.7. The van der Waals surface area contributed by atoms with Crippen molar-refractivity contribution in [3.63, 3.8) is 0 Å². The Morgan fingerprint density at radius 2 is 1.00 bits per heavy atom. The Morgan fingerprint density at radius 3 is 1.42 bits per heavy atom. The lowest BCUT2D eigenvalue weighted by Crippen LogP contribution is -2.54. The fraction of sp³-hybridized carbons (Fsp3) is 0.705. The number of piperidine rings is 1. The predicted octanol–water partition coefficient (Wildman–Crippen LogP) is 1.97. The normalized spacial score (nSPS) is 14.9. The maximum Gasteiger partial charge on any atom is 0.264 e. The molecule has 1 unspecified atom stereocenters. The molecule has 2 aliphatic rings. The molecular formula is C44H69N3O17. The van der Waals surface area contributed by atoms with Crippen molar-refractivity contribution >= 4 is 35.2 Å². The van der Waals surface area contributed by atoms with Crippen molar-refractivity contribution in [1.82, 2.24) is 10.2 Å². The van der Waals surface area contributed by atoms with Crippen molar-refractivity contribution in [2.45, 2.75) is 44.6 Å². The van der Waals surface area contributed by atoms with Gasteiger partial charge in [-0.2, -0.15) is 0 Å². The van der Waals surface area contributed by atoms with Crippen LogP contribution in [-0.4, -0.2) is 199 Å². The summed E-state index contributed by atoms with van der Waals surface area (Å²) < 4.78 is 65.6. The highest BCUT2D eigenvalue weighted by atomic mass is 16.6. The van der Waals surface area contributed by atoms with E-state index in [2.05, 4.69) is 17.2 Å². The van der Waals surface area contributed by atoms with Gasteiger partial charge in [-0.15, -0.1) is 6.58 Å². The Kier molecular flexibility index (Phi) is 31.1. The van der Waals surface area contributed by atoms with E-state index in [4.69, 9.17) is 56.8 Å². The average molecular weight is 912 g/mol. The Labute approximate surface area is 376 Å². The molecule has 362 valence electrons. The molecule has 1 atom stereocenters. The van der Waals surface area contributed by atoms with Gasteiger partial charge >= 0.3 is 0 Å². The zero-order valence-electron chi connectivity index (χ0n) is 37.2.